The molecule has 118 valence electrons. The number of nitrogens with one attached hydrogen (secondary N) is 1. The number of anilines is 1. The van der Waals surface area contributed by atoms with E-state index in [1.165, 1.54) is 11.3 Å². The van der Waals surface area contributed by atoms with E-state index in [1.807, 2.05) is 0 Å². The smallest absolute Gasteiger partial charge is 0.0587 e. The van der Waals surface area contributed by atoms with Crippen LogP contribution in [0.4, 0.5) is 5.69 Å². The summed E-state index contributed by atoms with van der Waals surface area (Å²) >= 11 is 0. The number of methoxy groups -OCH3 is 1. The molecule has 0 bridgehead atoms. The molecule has 1 aromatic rings. The zero-order valence-electron chi connectivity index (χ0n) is 12.9. The molecule has 0 aromatic heterocycles. The highest BCUT2D eigenvalue weighted by atomic mass is 16.5. The molecular formula is C16H27N3O2. The number of ether oxygens (including phenoxy) is 1. The van der Waals surface area contributed by atoms with Gasteiger partial charge < -0.3 is 20.1 Å². The van der Waals surface area contributed by atoms with Crippen LogP contribution in [0.3, 0.4) is 0 Å². The zero-order valence-corrected chi connectivity index (χ0v) is 12.9. The number of para-hydroxylation sites is 1. The number of rotatable bonds is 8. The van der Waals surface area contributed by atoms with E-state index in [2.05, 4.69) is 39.4 Å². The summed E-state index contributed by atoms with van der Waals surface area (Å²) in [6, 6.07) is 8.59. The number of aliphatic hydroxyl groups is 1. The molecule has 0 amide bonds. The minimum Gasteiger partial charge on any atom is -0.395 e. The van der Waals surface area contributed by atoms with Crippen LogP contribution < -0.4 is 10.2 Å². The third kappa shape index (κ3) is 4.97. The van der Waals surface area contributed by atoms with Gasteiger partial charge in [0.1, 0.15) is 0 Å². The van der Waals surface area contributed by atoms with Gasteiger partial charge in [-0.1, -0.05) is 18.2 Å². The highest BCUT2D eigenvalue weighted by molar-refractivity contribution is 5.54. The van der Waals surface area contributed by atoms with E-state index < -0.39 is 0 Å². The van der Waals surface area contributed by atoms with Gasteiger partial charge in [0.05, 0.1) is 13.2 Å². The molecule has 0 radical (unpaired) electrons. The third-order valence-electron chi connectivity index (χ3n) is 3.92. The number of nitrogens with zero attached hydrogens (tertiary/aromatic N) is 2. The van der Waals surface area contributed by atoms with Gasteiger partial charge in [0.15, 0.2) is 0 Å². The largest absolute Gasteiger partial charge is 0.395 e. The molecule has 5 heteroatoms. The molecule has 5 nitrogen and oxygen atoms in total. The summed E-state index contributed by atoms with van der Waals surface area (Å²) in [5.41, 5.74) is 2.66. The Labute approximate surface area is 127 Å². The number of hydrogen-bond acceptors (Lipinski definition) is 5. The summed E-state index contributed by atoms with van der Waals surface area (Å²) < 4.78 is 5.06. The Morgan fingerprint density at radius 1 is 1.19 bits per heavy atom. The first-order chi connectivity index (χ1) is 10.3. The lowest BCUT2D eigenvalue weighted by atomic mass is 10.1. The van der Waals surface area contributed by atoms with E-state index in [-0.39, 0.29) is 6.61 Å². The molecule has 21 heavy (non-hydrogen) atoms. The normalized spacial score (nSPS) is 16.4. The minimum atomic E-state index is 0.250. The van der Waals surface area contributed by atoms with Crippen molar-refractivity contribution in [3.8, 4) is 0 Å². The van der Waals surface area contributed by atoms with Gasteiger partial charge in [0, 0.05) is 58.6 Å². The van der Waals surface area contributed by atoms with Crippen LogP contribution in [0.2, 0.25) is 0 Å². The number of benzene rings is 1. The van der Waals surface area contributed by atoms with Gasteiger partial charge in [0.2, 0.25) is 0 Å². The van der Waals surface area contributed by atoms with Gasteiger partial charge >= 0.3 is 0 Å². The fraction of sp³-hybridized carbons (Fsp3) is 0.625. The third-order valence-corrected chi connectivity index (χ3v) is 3.92. The van der Waals surface area contributed by atoms with Crippen LogP contribution in [0.15, 0.2) is 24.3 Å². The van der Waals surface area contributed by atoms with Crippen LogP contribution in [-0.2, 0) is 11.3 Å². The first-order valence-electron chi connectivity index (χ1n) is 7.71. The van der Waals surface area contributed by atoms with Crippen molar-refractivity contribution < 1.29 is 9.84 Å². The van der Waals surface area contributed by atoms with Crippen molar-refractivity contribution >= 4 is 5.69 Å². The van der Waals surface area contributed by atoms with E-state index in [0.717, 1.165) is 52.4 Å². The van der Waals surface area contributed by atoms with Crippen LogP contribution in [0.1, 0.15) is 5.56 Å². The number of aliphatic hydroxyl groups excluding tert-OH is 1. The van der Waals surface area contributed by atoms with Crippen molar-refractivity contribution in [2.75, 3.05) is 64.5 Å². The first-order valence-corrected chi connectivity index (χ1v) is 7.71. The maximum absolute atomic E-state index is 9.01. The second kappa shape index (κ2) is 9.00. The molecular weight excluding hydrogens is 266 g/mol. The standard InChI is InChI=1S/C16H27N3O2/c1-21-13-6-17-14-15-4-2-3-5-16(15)19-9-7-18(8-10-19)11-12-20/h2-5,17,20H,6-14H2,1H3. The van der Waals surface area contributed by atoms with Crippen molar-refractivity contribution in [2.45, 2.75) is 6.54 Å². The number of piperazine rings is 1. The molecule has 0 spiro atoms. The van der Waals surface area contributed by atoms with Crippen LogP contribution in [0.25, 0.3) is 0 Å². The van der Waals surface area contributed by atoms with Crippen molar-refractivity contribution in [1.82, 2.24) is 10.2 Å². The highest BCUT2D eigenvalue weighted by Crippen LogP contribution is 2.21. The second-order valence-electron chi connectivity index (χ2n) is 5.35. The summed E-state index contributed by atoms with van der Waals surface area (Å²) in [5.74, 6) is 0. The first kappa shape index (κ1) is 16.2. The molecule has 1 aliphatic rings. The van der Waals surface area contributed by atoms with Crippen molar-refractivity contribution in [2.24, 2.45) is 0 Å². The van der Waals surface area contributed by atoms with Gasteiger partial charge in [-0.3, -0.25) is 4.90 Å². The Hall–Kier alpha value is -1.14. The summed E-state index contributed by atoms with van der Waals surface area (Å²) in [7, 11) is 1.72. The molecule has 1 saturated heterocycles. The predicted molar refractivity (Wildman–Crippen MR) is 85.8 cm³/mol. The fourth-order valence-corrected chi connectivity index (χ4v) is 2.72. The molecule has 0 aliphatic carbocycles. The number of β-amino-alcohol motifs (C(OH)–C–C–N with tert-alkyl or cyclic N) is 1. The quantitative estimate of drug-likeness (QED) is 0.685. The highest BCUT2D eigenvalue weighted by Gasteiger charge is 2.18. The second-order valence-corrected chi connectivity index (χ2v) is 5.35. The Morgan fingerprint density at radius 3 is 2.67 bits per heavy atom. The van der Waals surface area contributed by atoms with Crippen molar-refractivity contribution in [3.63, 3.8) is 0 Å². The molecule has 1 fully saturated rings. The molecule has 0 saturated carbocycles. The molecule has 1 aliphatic heterocycles. The Morgan fingerprint density at radius 2 is 1.95 bits per heavy atom. The molecule has 0 unspecified atom stereocenters. The van der Waals surface area contributed by atoms with Crippen LogP contribution >= 0.6 is 0 Å². The Balaban J connectivity index is 1.90. The van der Waals surface area contributed by atoms with Gasteiger partial charge in [0.25, 0.3) is 0 Å². The SMILES string of the molecule is COCCNCc1ccccc1N1CCN(CCO)CC1. The Bertz CT molecular complexity index is 406. The minimum absolute atomic E-state index is 0.250. The van der Waals surface area contributed by atoms with Gasteiger partial charge in [-0.15, -0.1) is 0 Å². The van der Waals surface area contributed by atoms with Gasteiger partial charge in [-0.25, -0.2) is 0 Å². The average molecular weight is 293 g/mol. The predicted octanol–water partition coefficient (Wildman–Crippen LogP) is 0.537. The molecule has 2 rings (SSSR count). The maximum Gasteiger partial charge on any atom is 0.0587 e. The lowest BCUT2D eigenvalue weighted by Gasteiger charge is -2.36. The Kier molecular flexibility index (Phi) is 6.95. The van der Waals surface area contributed by atoms with E-state index in [4.69, 9.17) is 9.84 Å². The molecule has 0 atom stereocenters. The topological polar surface area (TPSA) is 48.0 Å². The van der Waals surface area contributed by atoms with Crippen LogP contribution in [-0.4, -0.2) is 69.6 Å². The maximum atomic E-state index is 9.01. The molecule has 2 N–H and O–H groups in total. The average Bonchev–Trinajstić information content (AvgIpc) is 2.53. The van der Waals surface area contributed by atoms with E-state index in [9.17, 15) is 0 Å². The van der Waals surface area contributed by atoms with Crippen molar-refractivity contribution in [3.05, 3.63) is 29.8 Å². The summed E-state index contributed by atoms with van der Waals surface area (Å²) in [6.45, 7) is 7.60. The monoisotopic (exact) mass is 293 g/mol. The molecule has 1 heterocycles. The van der Waals surface area contributed by atoms with Crippen LogP contribution in [0, 0.1) is 0 Å². The summed E-state index contributed by atoms with van der Waals surface area (Å²) in [5, 5.41) is 12.4. The summed E-state index contributed by atoms with van der Waals surface area (Å²) in [4.78, 5) is 4.76. The van der Waals surface area contributed by atoms with E-state index in [1.54, 1.807) is 7.11 Å². The van der Waals surface area contributed by atoms with E-state index >= 15 is 0 Å². The van der Waals surface area contributed by atoms with Crippen molar-refractivity contribution in [1.29, 1.82) is 0 Å². The van der Waals surface area contributed by atoms with Gasteiger partial charge in [-0.05, 0) is 11.6 Å². The lowest BCUT2D eigenvalue weighted by molar-refractivity contribution is 0.188. The van der Waals surface area contributed by atoms with Crippen LogP contribution in [0.5, 0.6) is 0 Å². The number of hydrogen-bond donors (Lipinski definition) is 2. The lowest BCUT2D eigenvalue weighted by Crippen LogP contribution is -2.47. The summed E-state index contributed by atoms with van der Waals surface area (Å²) in [6.07, 6.45) is 0. The fourth-order valence-electron chi connectivity index (χ4n) is 2.72. The molecule has 1 aromatic carbocycles. The van der Waals surface area contributed by atoms with E-state index in [0.29, 0.717) is 0 Å². The zero-order chi connectivity index (χ0) is 14.9. The van der Waals surface area contributed by atoms with Gasteiger partial charge in [-0.2, -0.15) is 0 Å².